The molecule has 1 heterocycles. The van der Waals surface area contributed by atoms with Gasteiger partial charge in [-0.15, -0.1) is 0 Å². The van der Waals surface area contributed by atoms with E-state index < -0.39 is 0 Å². The lowest BCUT2D eigenvalue weighted by Crippen LogP contribution is -2.37. The molecule has 2 nitrogen and oxygen atoms in total. The number of hydrogen-bond donors (Lipinski definition) is 1. The van der Waals surface area contributed by atoms with Crippen molar-refractivity contribution >= 4 is 0 Å². The van der Waals surface area contributed by atoms with E-state index >= 15 is 0 Å². The summed E-state index contributed by atoms with van der Waals surface area (Å²) in [6.07, 6.45) is 2.72. The van der Waals surface area contributed by atoms with Crippen LogP contribution in [0, 0.1) is 5.92 Å². The lowest BCUT2D eigenvalue weighted by molar-refractivity contribution is -0.0207. The third-order valence-electron chi connectivity index (χ3n) is 2.09. The maximum absolute atomic E-state index is 5.67. The van der Waals surface area contributed by atoms with Crippen LogP contribution in [0.3, 0.4) is 0 Å². The van der Waals surface area contributed by atoms with Crippen molar-refractivity contribution in [1.29, 1.82) is 0 Å². The minimum absolute atomic E-state index is 0.287. The Balaban J connectivity index is 2.26. The smallest absolute Gasteiger partial charge is 0.0621 e. The summed E-state index contributed by atoms with van der Waals surface area (Å²) in [6.45, 7) is 5.14. The molecule has 0 saturated carbocycles. The molecule has 0 bridgehead atoms. The van der Waals surface area contributed by atoms with Crippen molar-refractivity contribution in [2.45, 2.75) is 38.8 Å². The first-order valence-electron chi connectivity index (χ1n) is 4.07. The summed E-state index contributed by atoms with van der Waals surface area (Å²) in [7, 11) is 0. The van der Waals surface area contributed by atoms with Gasteiger partial charge in [0, 0.05) is 6.04 Å². The zero-order valence-electron chi connectivity index (χ0n) is 6.84. The van der Waals surface area contributed by atoms with Crippen LogP contribution in [0.5, 0.6) is 0 Å². The van der Waals surface area contributed by atoms with Gasteiger partial charge in [-0.3, -0.25) is 0 Å². The highest BCUT2D eigenvalue weighted by atomic mass is 16.5. The molecular weight excluding hydrogens is 126 g/mol. The van der Waals surface area contributed by atoms with Gasteiger partial charge in [0.2, 0.25) is 0 Å². The molecule has 0 aromatic carbocycles. The van der Waals surface area contributed by atoms with Gasteiger partial charge < -0.3 is 10.5 Å². The predicted molar refractivity (Wildman–Crippen MR) is 41.8 cm³/mol. The number of ether oxygens (including phenoxy) is 1. The third-order valence-corrected chi connectivity index (χ3v) is 2.09. The molecule has 0 unspecified atom stereocenters. The molecule has 1 aliphatic rings. The van der Waals surface area contributed by atoms with Gasteiger partial charge in [-0.1, -0.05) is 13.8 Å². The van der Waals surface area contributed by atoms with Crippen LogP contribution in [0.2, 0.25) is 0 Å². The topological polar surface area (TPSA) is 35.2 Å². The van der Waals surface area contributed by atoms with Crippen LogP contribution in [0.15, 0.2) is 0 Å². The zero-order chi connectivity index (χ0) is 7.56. The van der Waals surface area contributed by atoms with Crippen LogP contribution in [0.25, 0.3) is 0 Å². The Morgan fingerprint density at radius 3 is 2.50 bits per heavy atom. The van der Waals surface area contributed by atoms with Gasteiger partial charge >= 0.3 is 0 Å². The first-order valence-corrected chi connectivity index (χ1v) is 4.07. The fraction of sp³-hybridized carbons (Fsp3) is 1.00. The Bertz CT molecular complexity index is 95.4. The van der Waals surface area contributed by atoms with E-state index in [9.17, 15) is 0 Å². The lowest BCUT2D eigenvalue weighted by Gasteiger charge is -2.29. The summed E-state index contributed by atoms with van der Waals surface area (Å²) in [5, 5.41) is 0. The zero-order valence-corrected chi connectivity index (χ0v) is 6.84. The van der Waals surface area contributed by atoms with Gasteiger partial charge in [0.15, 0.2) is 0 Å². The van der Waals surface area contributed by atoms with Gasteiger partial charge in [-0.2, -0.15) is 0 Å². The maximum Gasteiger partial charge on any atom is 0.0621 e. The standard InChI is InChI=1S/C8H17NO/c1-6(2)8-4-3-7(9)5-10-8/h6-8H,3-5,9H2,1-2H3/t7-,8-/m1/s1. The van der Waals surface area contributed by atoms with E-state index in [0.717, 1.165) is 19.4 Å². The second-order valence-corrected chi connectivity index (χ2v) is 3.45. The SMILES string of the molecule is CC(C)[C@H]1CC[C@@H](N)CO1. The highest BCUT2D eigenvalue weighted by molar-refractivity contribution is 4.73. The summed E-state index contributed by atoms with van der Waals surface area (Å²) < 4.78 is 5.53. The molecule has 1 fully saturated rings. The second kappa shape index (κ2) is 3.35. The number of hydrogen-bond acceptors (Lipinski definition) is 2. The fourth-order valence-corrected chi connectivity index (χ4v) is 1.32. The average molecular weight is 143 g/mol. The molecule has 1 saturated heterocycles. The Kier molecular flexibility index (Phi) is 2.69. The molecule has 0 spiro atoms. The van der Waals surface area contributed by atoms with E-state index in [1.807, 2.05) is 0 Å². The summed E-state index contributed by atoms with van der Waals surface area (Å²) in [4.78, 5) is 0. The molecule has 0 radical (unpaired) electrons. The first-order chi connectivity index (χ1) is 4.70. The summed E-state index contributed by atoms with van der Waals surface area (Å²) >= 11 is 0. The van der Waals surface area contributed by atoms with E-state index in [4.69, 9.17) is 10.5 Å². The third kappa shape index (κ3) is 1.96. The fourth-order valence-electron chi connectivity index (χ4n) is 1.32. The van der Waals surface area contributed by atoms with Crippen LogP contribution >= 0.6 is 0 Å². The number of nitrogens with two attached hydrogens (primary N) is 1. The van der Waals surface area contributed by atoms with Crippen molar-refractivity contribution in [1.82, 2.24) is 0 Å². The molecule has 2 heteroatoms. The van der Waals surface area contributed by atoms with Crippen LogP contribution in [0.4, 0.5) is 0 Å². The molecule has 1 rings (SSSR count). The predicted octanol–water partition coefficient (Wildman–Crippen LogP) is 1.15. The maximum atomic E-state index is 5.67. The van der Waals surface area contributed by atoms with Crippen LogP contribution in [-0.4, -0.2) is 18.8 Å². The normalized spacial score (nSPS) is 34.8. The molecule has 2 N–H and O–H groups in total. The average Bonchev–Trinajstić information content (AvgIpc) is 1.88. The van der Waals surface area contributed by atoms with E-state index in [2.05, 4.69) is 13.8 Å². The molecule has 0 aromatic rings. The minimum Gasteiger partial charge on any atom is -0.376 e. The Morgan fingerprint density at radius 1 is 1.40 bits per heavy atom. The van der Waals surface area contributed by atoms with Crippen molar-refractivity contribution in [2.75, 3.05) is 6.61 Å². The van der Waals surface area contributed by atoms with Crippen LogP contribution in [0.1, 0.15) is 26.7 Å². The molecular formula is C8H17NO. The first kappa shape index (κ1) is 8.02. The largest absolute Gasteiger partial charge is 0.376 e. The highest BCUT2D eigenvalue weighted by Crippen LogP contribution is 2.18. The van der Waals surface area contributed by atoms with Crippen LogP contribution < -0.4 is 5.73 Å². The molecule has 0 aromatic heterocycles. The van der Waals surface area contributed by atoms with E-state index in [1.165, 1.54) is 0 Å². The van der Waals surface area contributed by atoms with Crippen molar-refractivity contribution < 1.29 is 4.74 Å². The highest BCUT2D eigenvalue weighted by Gasteiger charge is 2.20. The van der Waals surface area contributed by atoms with Crippen LogP contribution in [-0.2, 0) is 4.74 Å². The van der Waals surface area contributed by atoms with Crippen molar-refractivity contribution in [3.05, 3.63) is 0 Å². The van der Waals surface area contributed by atoms with Crippen molar-refractivity contribution in [3.63, 3.8) is 0 Å². The van der Waals surface area contributed by atoms with Gasteiger partial charge in [0.1, 0.15) is 0 Å². The molecule has 0 aliphatic carbocycles. The molecule has 60 valence electrons. The van der Waals surface area contributed by atoms with Gasteiger partial charge in [-0.05, 0) is 18.8 Å². The molecule has 0 amide bonds. The Morgan fingerprint density at radius 2 is 2.10 bits per heavy atom. The van der Waals surface area contributed by atoms with Crippen molar-refractivity contribution in [3.8, 4) is 0 Å². The molecule has 2 atom stereocenters. The minimum atomic E-state index is 0.287. The second-order valence-electron chi connectivity index (χ2n) is 3.45. The van der Waals surface area contributed by atoms with Gasteiger partial charge in [-0.25, -0.2) is 0 Å². The van der Waals surface area contributed by atoms with Crippen molar-refractivity contribution in [2.24, 2.45) is 11.7 Å². The summed E-state index contributed by atoms with van der Waals surface area (Å²) in [6, 6.07) is 0.287. The summed E-state index contributed by atoms with van der Waals surface area (Å²) in [5.74, 6) is 0.646. The van der Waals surface area contributed by atoms with E-state index in [-0.39, 0.29) is 6.04 Å². The lowest BCUT2D eigenvalue weighted by atomic mass is 9.97. The van der Waals surface area contributed by atoms with E-state index in [0.29, 0.717) is 12.0 Å². The molecule has 10 heavy (non-hydrogen) atoms. The van der Waals surface area contributed by atoms with Gasteiger partial charge in [0.25, 0.3) is 0 Å². The quantitative estimate of drug-likeness (QED) is 0.597. The summed E-state index contributed by atoms with van der Waals surface area (Å²) in [5.41, 5.74) is 5.67. The Labute approximate surface area is 62.7 Å². The molecule has 1 aliphatic heterocycles. The number of rotatable bonds is 1. The Hall–Kier alpha value is -0.0800. The monoisotopic (exact) mass is 143 g/mol. The van der Waals surface area contributed by atoms with Gasteiger partial charge in [0.05, 0.1) is 12.7 Å². The van der Waals surface area contributed by atoms with E-state index in [1.54, 1.807) is 0 Å².